The molecule has 4 rings (SSSR count). The number of hydrogen-bond acceptors (Lipinski definition) is 5. The molecule has 2 aliphatic rings. The number of amides is 2. The highest BCUT2D eigenvalue weighted by Crippen LogP contribution is 2.21. The van der Waals surface area contributed by atoms with Crippen LogP contribution in [0.4, 0.5) is 0 Å². The predicted molar refractivity (Wildman–Crippen MR) is 118 cm³/mol. The molecule has 0 aliphatic carbocycles. The second kappa shape index (κ2) is 9.96. The first-order valence-electron chi connectivity index (χ1n) is 11.1. The van der Waals surface area contributed by atoms with Gasteiger partial charge in [-0.3, -0.25) is 19.6 Å². The van der Waals surface area contributed by atoms with Gasteiger partial charge < -0.3 is 14.5 Å². The minimum Gasteiger partial charge on any atom is -0.492 e. The van der Waals surface area contributed by atoms with Crippen LogP contribution in [-0.4, -0.2) is 89.1 Å². The average molecular weight is 426 g/mol. The van der Waals surface area contributed by atoms with Gasteiger partial charge in [-0.25, -0.2) is 0 Å². The van der Waals surface area contributed by atoms with Gasteiger partial charge in [0.25, 0.3) is 0 Å². The predicted octanol–water partition coefficient (Wildman–Crippen LogP) is 1.86. The molecule has 2 saturated heterocycles. The summed E-state index contributed by atoms with van der Waals surface area (Å²) in [5, 5.41) is 6.93. The lowest BCUT2D eigenvalue weighted by molar-refractivity contribution is -0.141. The summed E-state index contributed by atoms with van der Waals surface area (Å²) in [5.41, 5.74) is 2.07. The van der Waals surface area contributed by atoms with E-state index in [1.165, 1.54) is 0 Å². The topological polar surface area (TPSA) is 81.8 Å². The van der Waals surface area contributed by atoms with Crippen molar-refractivity contribution in [2.45, 2.75) is 19.8 Å². The van der Waals surface area contributed by atoms with Crippen LogP contribution in [0.2, 0.25) is 0 Å². The minimum absolute atomic E-state index is 0.0650. The number of carbonyl (C=O) groups excluding carboxylic acids is 2. The average Bonchev–Trinajstić information content (AvgIpc) is 3.35. The zero-order chi connectivity index (χ0) is 21.6. The van der Waals surface area contributed by atoms with Gasteiger partial charge in [-0.05, 0) is 48.7 Å². The first kappa shape index (κ1) is 21.4. The molecular formula is C23H31N5O3. The van der Waals surface area contributed by atoms with E-state index in [4.69, 9.17) is 4.74 Å². The molecule has 2 aliphatic heterocycles. The SMILES string of the molecule is CC(=O)N1CCC(C(=O)N2CCN(CCOc3ccc(-c4ccn[nH]4)cc3)CC2)CC1. The van der Waals surface area contributed by atoms with Crippen LogP contribution in [0.5, 0.6) is 5.75 Å². The molecule has 8 heteroatoms. The number of aromatic amines is 1. The smallest absolute Gasteiger partial charge is 0.225 e. The molecule has 1 aromatic heterocycles. The maximum atomic E-state index is 12.8. The molecule has 0 bridgehead atoms. The summed E-state index contributed by atoms with van der Waals surface area (Å²) in [4.78, 5) is 30.5. The van der Waals surface area contributed by atoms with Crippen molar-refractivity contribution in [3.05, 3.63) is 36.5 Å². The summed E-state index contributed by atoms with van der Waals surface area (Å²) in [6.07, 6.45) is 3.31. The number of aromatic nitrogens is 2. The van der Waals surface area contributed by atoms with E-state index >= 15 is 0 Å². The third-order valence-electron chi connectivity index (χ3n) is 6.32. The van der Waals surface area contributed by atoms with E-state index in [0.717, 1.165) is 62.6 Å². The van der Waals surface area contributed by atoms with E-state index in [0.29, 0.717) is 19.7 Å². The minimum atomic E-state index is 0.0650. The van der Waals surface area contributed by atoms with Crippen LogP contribution >= 0.6 is 0 Å². The molecule has 8 nitrogen and oxygen atoms in total. The van der Waals surface area contributed by atoms with Gasteiger partial charge in [0.15, 0.2) is 0 Å². The van der Waals surface area contributed by atoms with Crippen molar-refractivity contribution < 1.29 is 14.3 Å². The summed E-state index contributed by atoms with van der Waals surface area (Å²) < 4.78 is 5.90. The van der Waals surface area contributed by atoms with Crippen molar-refractivity contribution >= 4 is 11.8 Å². The Morgan fingerprint density at radius 1 is 1.00 bits per heavy atom. The molecule has 0 saturated carbocycles. The molecule has 31 heavy (non-hydrogen) atoms. The fourth-order valence-electron chi connectivity index (χ4n) is 4.33. The van der Waals surface area contributed by atoms with Crippen LogP contribution in [0, 0.1) is 5.92 Å². The van der Waals surface area contributed by atoms with Gasteiger partial charge in [-0.15, -0.1) is 0 Å². The number of benzene rings is 1. The maximum absolute atomic E-state index is 12.8. The van der Waals surface area contributed by atoms with E-state index in [2.05, 4.69) is 15.1 Å². The van der Waals surface area contributed by atoms with Crippen molar-refractivity contribution in [3.8, 4) is 17.0 Å². The van der Waals surface area contributed by atoms with Crippen molar-refractivity contribution in [2.75, 3.05) is 52.4 Å². The number of nitrogens with zero attached hydrogens (tertiary/aromatic N) is 4. The molecule has 1 aromatic carbocycles. The van der Waals surface area contributed by atoms with Gasteiger partial charge in [0.1, 0.15) is 12.4 Å². The lowest BCUT2D eigenvalue weighted by atomic mass is 9.95. The van der Waals surface area contributed by atoms with E-state index in [9.17, 15) is 9.59 Å². The largest absolute Gasteiger partial charge is 0.492 e. The Hall–Kier alpha value is -2.87. The summed E-state index contributed by atoms with van der Waals surface area (Å²) in [5.74, 6) is 1.29. The zero-order valence-corrected chi connectivity index (χ0v) is 18.1. The highest BCUT2D eigenvalue weighted by atomic mass is 16.5. The van der Waals surface area contributed by atoms with E-state index < -0.39 is 0 Å². The van der Waals surface area contributed by atoms with Crippen LogP contribution in [0.1, 0.15) is 19.8 Å². The van der Waals surface area contributed by atoms with Crippen molar-refractivity contribution in [1.29, 1.82) is 0 Å². The van der Waals surface area contributed by atoms with Gasteiger partial charge in [0.05, 0.1) is 5.69 Å². The third kappa shape index (κ3) is 5.44. The molecule has 2 amide bonds. The van der Waals surface area contributed by atoms with E-state index in [1.807, 2.05) is 40.1 Å². The van der Waals surface area contributed by atoms with Crippen molar-refractivity contribution in [3.63, 3.8) is 0 Å². The zero-order valence-electron chi connectivity index (χ0n) is 18.1. The monoisotopic (exact) mass is 425 g/mol. The second-order valence-corrected chi connectivity index (χ2v) is 8.29. The van der Waals surface area contributed by atoms with Crippen LogP contribution in [0.3, 0.4) is 0 Å². The lowest BCUT2D eigenvalue weighted by Crippen LogP contribution is -2.52. The van der Waals surface area contributed by atoms with Gasteiger partial charge in [-0.1, -0.05) is 0 Å². The Morgan fingerprint density at radius 2 is 1.71 bits per heavy atom. The summed E-state index contributed by atoms with van der Waals surface area (Å²) in [6, 6.07) is 9.94. The molecule has 0 atom stereocenters. The number of H-pyrrole nitrogens is 1. The first-order valence-corrected chi connectivity index (χ1v) is 11.1. The third-order valence-corrected chi connectivity index (χ3v) is 6.32. The normalized spacial score (nSPS) is 18.2. The quantitative estimate of drug-likeness (QED) is 0.764. The van der Waals surface area contributed by atoms with Crippen LogP contribution in [0.15, 0.2) is 36.5 Å². The van der Waals surface area contributed by atoms with Crippen LogP contribution < -0.4 is 4.74 Å². The molecule has 1 N–H and O–H groups in total. The standard InChI is InChI=1S/C23H31N5O3/c1-18(29)27-10-7-20(8-11-27)23(30)28-14-12-26(13-15-28)16-17-31-21-4-2-19(3-5-21)22-6-9-24-25-22/h2-6,9,20H,7-8,10-17H2,1H3,(H,24,25). The molecule has 166 valence electrons. The highest BCUT2D eigenvalue weighted by molar-refractivity contribution is 5.80. The highest BCUT2D eigenvalue weighted by Gasteiger charge is 2.30. The number of nitrogens with one attached hydrogen (secondary N) is 1. The summed E-state index contributed by atoms with van der Waals surface area (Å²) in [7, 11) is 0. The van der Waals surface area contributed by atoms with Gasteiger partial charge >= 0.3 is 0 Å². The second-order valence-electron chi connectivity index (χ2n) is 8.29. The Balaban J connectivity index is 1.15. The van der Waals surface area contributed by atoms with Crippen LogP contribution in [0.25, 0.3) is 11.3 Å². The van der Waals surface area contributed by atoms with Gasteiger partial charge in [0.2, 0.25) is 11.8 Å². The number of rotatable bonds is 6. The molecule has 0 radical (unpaired) electrons. The number of likely N-dealkylation sites (tertiary alicyclic amines) is 1. The number of piperidine rings is 1. The number of carbonyl (C=O) groups is 2. The molecule has 0 unspecified atom stereocenters. The molecule has 3 heterocycles. The molecule has 0 spiro atoms. The molecule has 2 fully saturated rings. The Morgan fingerprint density at radius 3 is 2.32 bits per heavy atom. The number of piperazine rings is 1. The molecule has 2 aromatic rings. The summed E-state index contributed by atoms with van der Waals surface area (Å²) >= 11 is 0. The Labute approximate surface area is 183 Å². The maximum Gasteiger partial charge on any atom is 0.225 e. The fraction of sp³-hybridized carbons (Fsp3) is 0.522. The fourth-order valence-corrected chi connectivity index (χ4v) is 4.33. The van der Waals surface area contributed by atoms with Crippen molar-refractivity contribution in [1.82, 2.24) is 24.9 Å². The van der Waals surface area contributed by atoms with E-state index in [1.54, 1.807) is 13.1 Å². The number of hydrogen-bond donors (Lipinski definition) is 1. The van der Waals surface area contributed by atoms with Gasteiger partial charge in [0, 0.05) is 64.9 Å². The summed E-state index contributed by atoms with van der Waals surface area (Å²) in [6.45, 7) is 7.76. The Bertz CT molecular complexity index is 852. The van der Waals surface area contributed by atoms with Crippen molar-refractivity contribution in [2.24, 2.45) is 5.92 Å². The Kier molecular flexibility index (Phi) is 6.86. The van der Waals surface area contributed by atoms with Gasteiger partial charge in [-0.2, -0.15) is 5.10 Å². The molecular weight excluding hydrogens is 394 g/mol. The first-order chi connectivity index (χ1) is 15.1. The lowest BCUT2D eigenvalue weighted by Gasteiger charge is -2.38. The van der Waals surface area contributed by atoms with E-state index in [-0.39, 0.29) is 17.7 Å². The van der Waals surface area contributed by atoms with Crippen LogP contribution in [-0.2, 0) is 9.59 Å². The number of ether oxygens (including phenoxy) is 1.